The first-order chi connectivity index (χ1) is 9.79. The number of carbonyl (C=O) groups is 1. The fraction of sp³-hybridized carbons (Fsp3) is 0.714. The van der Waals surface area contributed by atoms with Gasteiger partial charge in [-0.15, -0.1) is 0 Å². The number of nitrogens with zero attached hydrogens (tertiary/aromatic N) is 3. The van der Waals surface area contributed by atoms with Gasteiger partial charge in [-0.1, -0.05) is 0 Å². The van der Waals surface area contributed by atoms with Crippen molar-refractivity contribution in [2.75, 3.05) is 32.8 Å². The highest BCUT2D eigenvalue weighted by atomic mass is 16.5. The van der Waals surface area contributed by atoms with E-state index in [9.17, 15) is 4.79 Å². The molecule has 1 aromatic heterocycles. The molecule has 6 nitrogen and oxygen atoms in total. The van der Waals surface area contributed by atoms with E-state index in [0.717, 1.165) is 5.69 Å². The number of amides is 1. The number of hydrogen-bond acceptors (Lipinski definition) is 4. The second kappa shape index (κ2) is 5.93. The Morgan fingerprint density at radius 2 is 2.20 bits per heavy atom. The van der Waals surface area contributed by atoms with Crippen molar-refractivity contribution in [1.29, 1.82) is 0 Å². The van der Waals surface area contributed by atoms with Crippen LogP contribution in [-0.4, -0.2) is 53.2 Å². The van der Waals surface area contributed by atoms with Gasteiger partial charge in [0.1, 0.15) is 0 Å². The van der Waals surface area contributed by atoms with Crippen LogP contribution in [0.2, 0.25) is 0 Å². The predicted molar refractivity (Wildman–Crippen MR) is 74.1 cm³/mol. The molecule has 6 heteroatoms. The highest BCUT2D eigenvalue weighted by Crippen LogP contribution is 2.36. The third-order valence-corrected chi connectivity index (χ3v) is 4.10. The molecule has 2 fully saturated rings. The maximum Gasteiger partial charge on any atom is 0.227 e. The number of rotatable bonds is 5. The second-order valence-corrected chi connectivity index (χ2v) is 5.60. The second-order valence-electron chi connectivity index (χ2n) is 5.60. The molecule has 0 aromatic carbocycles. The molecule has 2 heterocycles. The zero-order valence-electron chi connectivity index (χ0n) is 11.7. The topological polar surface area (TPSA) is 73.4 Å². The van der Waals surface area contributed by atoms with Crippen molar-refractivity contribution in [3.63, 3.8) is 0 Å². The average molecular weight is 278 g/mol. The van der Waals surface area contributed by atoms with Crippen molar-refractivity contribution in [3.8, 4) is 0 Å². The number of morpholine rings is 1. The quantitative estimate of drug-likeness (QED) is 0.834. The fourth-order valence-corrected chi connectivity index (χ4v) is 2.74. The minimum Gasteiger partial charge on any atom is -0.378 e. The van der Waals surface area contributed by atoms with Crippen LogP contribution in [0.4, 0.5) is 0 Å². The third kappa shape index (κ3) is 2.86. The Kier molecular flexibility index (Phi) is 4.03. The molecule has 20 heavy (non-hydrogen) atoms. The lowest BCUT2D eigenvalue weighted by atomic mass is 10.0. The molecule has 0 spiro atoms. The summed E-state index contributed by atoms with van der Waals surface area (Å²) in [6.07, 6.45) is 6.86. The Morgan fingerprint density at radius 1 is 1.45 bits per heavy atom. The Morgan fingerprint density at radius 3 is 2.85 bits per heavy atom. The van der Waals surface area contributed by atoms with Crippen LogP contribution in [0.1, 0.15) is 24.6 Å². The highest BCUT2D eigenvalue weighted by molar-refractivity contribution is 5.79. The van der Waals surface area contributed by atoms with Crippen molar-refractivity contribution >= 4 is 5.91 Å². The molecule has 1 aromatic rings. The van der Waals surface area contributed by atoms with Crippen molar-refractivity contribution in [3.05, 3.63) is 18.2 Å². The molecule has 3 rings (SSSR count). The van der Waals surface area contributed by atoms with E-state index < -0.39 is 0 Å². The molecule has 1 unspecified atom stereocenters. The van der Waals surface area contributed by atoms with Crippen LogP contribution in [0.25, 0.3) is 0 Å². The van der Waals surface area contributed by atoms with E-state index in [1.807, 2.05) is 17.4 Å². The van der Waals surface area contributed by atoms with E-state index in [2.05, 4.69) is 9.55 Å². The average Bonchev–Trinajstić information content (AvgIpc) is 3.24. The van der Waals surface area contributed by atoms with Crippen molar-refractivity contribution < 1.29 is 9.53 Å². The summed E-state index contributed by atoms with van der Waals surface area (Å²) >= 11 is 0. The molecule has 1 atom stereocenters. The summed E-state index contributed by atoms with van der Waals surface area (Å²) in [5.74, 6) is 0.00152. The zero-order valence-corrected chi connectivity index (χ0v) is 11.7. The molecular formula is C14H22N4O2. The van der Waals surface area contributed by atoms with Gasteiger partial charge in [0.2, 0.25) is 5.91 Å². The van der Waals surface area contributed by atoms with Crippen LogP contribution >= 0.6 is 0 Å². The van der Waals surface area contributed by atoms with Gasteiger partial charge in [-0.2, -0.15) is 0 Å². The summed E-state index contributed by atoms with van der Waals surface area (Å²) in [4.78, 5) is 18.6. The summed E-state index contributed by atoms with van der Waals surface area (Å²) < 4.78 is 7.49. The normalized spacial score (nSPS) is 20.9. The summed E-state index contributed by atoms with van der Waals surface area (Å²) in [6.45, 7) is 2.99. The summed E-state index contributed by atoms with van der Waals surface area (Å²) in [6, 6.07) is 0.587. The Labute approximate surface area is 118 Å². The number of carbonyl (C=O) groups excluding carboxylic acids is 1. The van der Waals surface area contributed by atoms with Gasteiger partial charge in [-0.05, 0) is 12.8 Å². The maximum absolute atomic E-state index is 12.5. The van der Waals surface area contributed by atoms with Crippen molar-refractivity contribution in [1.82, 2.24) is 14.5 Å². The number of imidazole rings is 1. The summed E-state index contributed by atoms with van der Waals surface area (Å²) in [5, 5.41) is 0. The van der Waals surface area contributed by atoms with Gasteiger partial charge in [0.25, 0.3) is 0 Å². The number of ether oxygens (including phenoxy) is 1. The van der Waals surface area contributed by atoms with E-state index in [1.165, 1.54) is 12.8 Å². The maximum atomic E-state index is 12.5. The number of aromatic nitrogens is 2. The number of nitrogens with two attached hydrogens (primary N) is 1. The predicted octanol–water partition coefficient (Wildman–Crippen LogP) is 0.194. The lowest BCUT2D eigenvalue weighted by molar-refractivity contribution is -0.139. The smallest absolute Gasteiger partial charge is 0.227 e. The van der Waals surface area contributed by atoms with Crippen LogP contribution in [0, 0.1) is 5.92 Å². The van der Waals surface area contributed by atoms with Gasteiger partial charge in [-0.25, -0.2) is 4.98 Å². The molecule has 0 bridgehead atoms. The first-order valence-corrected chi connectivity index (χ1v) is 7.37. The van der Waals surface area contributed by atoms with E-state index in [1.54, 1.807) is 0 Å². The first kappa shape index (κ1) is 13.6. The largest absolute Gasteiger partial charge is 0.378 e. The van der Waals surface area contributed by atoms with E-state index in [0.29, 0.717) is 45.3 Å². The zero-order chi connectivity index (χ0) is 13.9. The van der Waals surface area contributed by atoms with Crippen LogP contribution in [0.3, 0.4) is 0 Å². The van der Waals surface area contributed by atoms with Crippen LogP contribution in [-0.2, 0) is 16.0 Å². The SMILES string of the molecule is NCC(Cc1cncn1C1CC1)C(=O)N1CCOCC1. The van der Waals surface area contributed by atoms with E-state index in [4.69, 9.17) is 10.5 Å². The van der Waals surface area contributed by atoms with E-state index in [-0.39, 0.29) is 11.8 Å². The third-order valence-electron chi connectivity index (χ3n) is 4.10. The molecule has 1 saturated heterocycles. The number of hydrogen-bond donors (Lipinski definition) is 1. The Balaban J connectivity index is 1.66. The molecule has 2 N–H and O–H groups in total. The van der Waals surface area contributed by atoms with Gasteiger partial charge in [0, 0.05) is 44.0 Å². The van der Waals surface area contributed by atoms with E-state index >= 15 is 0 Å². The molecule has 1 amide bonds. The molecule has 1 aliphatic heterocycles. The lowest BCUT2D eigenvalue weighted by Gasteiger charge is -2.30. The van der Waals surface area contributed by atoms with Crippen LogP contribution in [0.15, 0.2) is 12.5 Å². The van der Waals surface area contributed by atoms with Gasteiger partial charge in [0.15, 0.2) is 0 Å². The minimum atomic E-state index is -0.151. The summed E-state index contributed by atoms with van der Waals surface area (Å²) in [5.41, 5.74) is 6.96. The molecule has 1 saturated carbocycles. The van der Waals surface area contributed by atoms with Crippen LogP contribution < -0.4 is 5.73 Å². The van der Waals surface area contributed by atoms with Crippen molar-refractivity contribution in [2.45, 2.75) is 25.3 Å². The van der Waals surface area contributed by atoms with Gasteiger partial charge in [0.05, 0.1) is 25.5 Å². The molecule has 1 aliphatic carbocycles. The fourth-order valence-electron chi connectivity index (χ4n) is 2.74. The highest BCUT2D eigenvalue weighted by Gasteiger charge is 2.29. The van der Waals surface area contributed by atoms with Crippen LogP contribution in [0.5, 0.6) is 0 Å². The monoisotopic (exact) mass is 278 g/mol. The molecule has 2 aliphatic rings. The Bertz CT molecular complexity index is 463. The molecule has 110 valence electrons. The Hall–Kier alpha value is -1.40. The van der Waals surface area contributed by atoms with Gasteiger partial charge >= 0.3 is 0 Å². The van der Waals surface area contributed by atoms with Gasteiger partial charge < -0.3 is 19.9 Å². The molecule has 0 radical (unpaired) electrons. The first-order valence-electron chi connectivity index (χ1n) is 7.37. The van der Waals surface area contributed by atoms with Crippen molar-refractivity contribution in [2.24, 2.45) is 11.7 Å². The standard InChI is InChI=1S/C14H22N4O2/c15-8-11(14(19)17-3-5-20-6-4-17)7-13-9-16-10-18(13)12-1-2-12/h9-12H,1-8,15H2. The minimum absolute atomic E-state index is 0.151. The lowest BCUT2D eigenvalue weighted by Crippen LogP contribution is -2.46. The summed E-state index contributed by atoms with van der Waals surface area (Å²) in [7, 11) is 0. The molecular weight excluding hydrogens is 256 g/mol. The van der Waals surface area contributed by atoms with Gasteiger partial charge in [-0.3, -0.25) is 4.79 Å².